The number of piperidine rings is 2. The highest BCUT2D eigenvalue weighted by Gasteiger charge is 2.45. The molecule has 3 nitrogen and oxygen atoms in total. The summed E-state index contributed by atoms with van der Waals surface area (Å²) in [5.41, 5.74) is 1.86. The van der Waals surface area contributed by atoms with Crippen molar-refractivity contribution in [3.8, 4) is 0 Å². The molecule has 3 fully saturated rings. The number of anilines is 1. The van der Waals surface area contributed by atoms with Gasteiger partial charge in [-0.3, -0.25) is 4.79 Å². The summed E-state index contributed by atoms with van der Waals surface area (Å²) in [5.74, 6) is 0.954. The highest BCUT2D eigenvalue weighted by Crippen LogP contribution is 2.42. The zero-order valence-electron chi connectivity index (χ0n) is 10.4. The number of para-hydroxylation sites is 1. The molecule has 94 valence electrons. The van der Waals surface area contributed by atoms with Gasteiger partial charge in [-0.2, -0.15) is 0 Å². The van der Waals surface area contributed by atoms with Crippen molar-refractivity contribution in [1.29, 1.82) is 0 Å². The summed E-state index contributed by atoms with van der Waals surface area (Å²) in [6.45, 7) is 0.921. The molecule has 1 N–H and O–H groups in total. The second-order valence-electron chi connectivity index (χ2n) is 5.77. The molecule has 1 aromatic rings. The lowest BCUT2D eigenvalue weighted by molar-refractivity contribution is 0.00276. The van der Waals surface area contributed by atoms with E-state index in [9.17, 15) is 4.79 Å². The predicted molar refractivity (Wildman–Crippen MR) is 70.6 cm³/mol. The first kappa shape index (κ1) is 10.4. The number of nitrogens with one attached hydrogen (secondary N) is 1. The summed E-state index contributed by atoms with van der Waals surface area (Å²) in [7, 11) is 0. The van der Waals surface area contributed by atoms with Crippen LogP contribution < -0.4 is 5.32 Å². The number of fused-ring (bicyclic) bond motifs is 3. The van der Waals surface area contributed by atoms with Gasteiger partial charge in [-0.1, -0.05) is 12.1 Å². The fraction of sp³-hybridized carbons (Fsp3) is 0.533. The topological polar surface area (TPSA) is 32.3 Å². The maximum Gasteiger partial charge on any atom is 0.256 e. The first-order chi connectivity index (χ1) is 8.84. The summed E-state index contributed by atoms with van der Waals surface area (Å²) < 4.78 is 0. The molecule has 4 aliphatic rings. The van der Waals surface area contributed by atoms with Crippen molar-refractivity contribution in [2.24, 2.45) is 5.92 Å². The number of rotatable bonds is 0. The van der Waals surface area contributed by atoms with Crippen molar-refractivity contribution in [2.75, 3.05) is 11.9 Å². The molecule has 1 aliphatic carbocycles. The van der Waals surface area contributed by atoms with Gasteiger partial charge in [-0.25, -0.2) is 0 Å². The third kappa shape index (κ3) is 1.33. The second kappa shape index (κ2) is 3.74. The Bertz CT molecular complexity index is 491. The van der Waals surface area contributed by atoms with E-state index in [2.05, 4.69) is 10.2 Å². The molecule has 1 saturated carbocycles. The van der Waals surface area contributed by atoms with E-state index in [-0.39, 0.29) is 5.91 Å². The molecule has 1 atom stereocenters. The third-order valence-corrected chi connectivity index (χ3v) is 4.93. The molecule has 3 heterocycles. The van der Waals surface area contributed by atoms with Crippen LogP contribution in [0.25, 0.3) is 0 Å². The van der Waals surface area contributed by atoms with Crippen LogP contribution in [0.1, 0.15) is 36.0 Å². The minimum Gasteiger partial charge on any atom is -0.382 e. The standard InChI is InChI=1S/C15H18N2O/c18-15-12-3-1-2-4-13(12)16-9-14-10-5-7-11(8-6-10)17(14)15/h1-4,10-11,14,16H,5-9H2. The molecular formula is C15H18N2O. The Balaban J connectivity index is 1.79. The van der Waals surface area contributed by atoms with E-state index in [1.807, 2.05) is 24.3 Å². The van der Waals surface area contributed by atoms with E-state index in [1.54, 1.807) is 0 Å². The monoisotopic (exact) mass is 242 g/mol. The number of carbonyl (C=O) groups is 1. The number of hydrogen-bond acceptors (Lipinski definition) is 2. The van der Waals surface area contributed by atoms with E-state index in [4.69, 9.17) is 0 Å². The Kier molecular flexibility index (Phi) is 2.16. The molecule has 0 spiro atoms. The third-order valence-electron chi connectivity index (χ3n) is 4.93. The summed E-state index contributed by atoms with van der Waals surface area (Å²) >= 11 is 0. The molecule has 0 radical (unpaired) electrons. The van der Waals surface area contributed by atoms with E-state index in [0.29, 0.717) is 18.0 Å². The smallest absolute Gasteiger partial charge is 0.256 e. The number of nitrogens with zero attached hydrogens (tertiary/aromatic N) is 1. The van der Waals surface area contributed by atoms with Gasteiger partial charge >= 0.3 is 0 Å². The van der Waals surface area contributed by atoms with Gasteiger partial charge in [0.25, 0.3) is 5.91 Å². The molecule has 1 aromatic carbocycles. The summed E-state index contributed by atoms with van der Waals surface area (Å²) in [6.07, 6.45) is 5.01. The van der Waals surface area contributed by atoms with Crippen LogP contribution in [0, 0.1) is 5.92 Å². The fourth-order valence-electron chi connectivity index (χ4n) is 4.02. The van der Waals surface area contributed by atoms with Crippen molar-refractivity contribution in [1.82, 2.24) is 4.90 Å². The molecule has 1 amide bonds. The van der Waals surface area contributed by atoms with E-state index < -0.39 is 0 Å². The van der Waals surface area contributed by atoms with Gasteiger partial charge < -0.3 is 10.2 Å². The van der Waals surface area contributed by atoms with Crippen LogP contribution in [-0.2, 0) is 0 Å². The van der Waals surface area contributed by atoms with Gasteiger partial charge in [-0.15, -0.1) is 0 Å². The fourth-order valence-corrected chi connectivity index (χ4v) is 4.02. The minimum absolute atomic E-state index is 0.245. The Hall–Kier alpha value is -1.51. The number of carbonyl (C=O) groups excluding carboxylic acids is 1. The highest BCUT2D eigenvalue weighted by atomic mass is 16.2. The summed E-state index contributed by atoms with van der Waals surface area (Å²) in [4.78, 5) is 14.9. The van der Waals surface area contributed by atoms with Crippen molar-refractivity contribution in [2.45, 2.75) is 37.8 Å². The van der Waals surface area contributed by atoms with Crippen LogP contribution in [0.2, 0.25) is 0 Å². The maximum atomic E-state index is 12.7. The largest absolute Gasteiger partial charge is 0.382 e. The Morgan fingerprint density at radius 3 is 2.72 bits per heavy atom. The first-order valence-electron chi connectivity index (χ1n) is 7.00. The van der Waals surface area contributed by atoms with Gasteiger partial charge in [0.2, 0.25) is 0 Å². The Morgan fingerprint density at radius 1 is 1.11 bits per heavy atom. The van der Waals surface area contributed by atoms with Crippen molar-refractivity contribution < 1.29 is 4.79 Å². The molecular weight excluding hydrogens is 224 g/mol. The van der Waals surface area contributed by atoms with Crippen LogP contribution in [0.3, 0.4) is 0 Å². The molecule has 1 unspecified atom stereocenters. The Labute approximate surface area is 107 Å². The minimum atomic E-state index is 0.245. The van der Waals surface area contributed by atoms with Crippen LogP contribution >= 0.6 is 0 Å². The number of benzene rings is 1. The van der Waals surface area contributed by atoms with Gasteiger partial charge in [-0.05, 0) is 43.7 Å². The van der Waals surface area contributed by atoms with Crippen molar-refractivity contribution >= 4 is 11.6 Å². The molecule has 2 saturated heterocycles. The average molecular weight is 242 g/mol. The highest BCUT2D eigenvalue weighted by molar-refractivity contribution is 6.00. The lowest BCUT2D eigenvalue weighted by Gasteiger charge is -2.50. The zero-order chi connectivity index (χ0) is 12.1. The summed E-state index contributed by atoms with van der Waals surface area (Å²) in [6, 6.07) is 8.83. The van der Waals surface area contributed by atoms with E-state index >= 15 is 0 Å². The predicted octanol–water partition coefficient (Wildman–Crippen LogP) is 2.50. The van der Waals surface area contributed by atoms with Gasteiger partial charge in [0, 0.05) is 18.3 Å². The van der Waals surface area contributed by atoms with Crippen molar-refractivity contribution in [3.63, 3.8) is 0 Å². The molecule has 0 aromatic heterocycles. The Morgan fingerprint density at radius 2 is 1.89 bits per heavy atom. The van der Waals surface area contributed by atoms with E-state index in [0.717, 1.165) is 17.8 Å². The normalized spacial score (nSPS) is 33.4. The first-order valence-corrected chi connectivity index (χ1v) is 7.00. The molecule has 5 rings (SSSR count). The maximum absolute atomic E-state index is 12.7. The van der Waals surface area contributed by atoms with Crippen molar-refractivity contribution in [3.05, 3.63) is 29.8 Å². The lowest BCUT2D eigenvalue weighted by atomic mass is 9.74. The molecule has 3 aliphatic heterocycles. The number of amides is 1. The van der Waals surface area contributed by atoms with E-state index in [1.165, 1.54) is 25.7 Å². The van der Waals surface area contributed by atoms with Crippen LogP contribution in [0.5, 0.6) is 0 Å². The summed E-state index contributed by atoms with van der Waals surface area (Å²) in [5, 5.41) is 3.48. The SMILES string of the molecule is O=C1c2ccccc2NCC2C3CCC(CC3)N12. The second-order valence-corrected chi connectivity index (χ2v) is 5.77. The molecule has 2 bridgehead atoms. The number of hydrogen-bond donors (Lipinski definition) is 1. The van der Waals surface area contributed by atoms with Gasteiger partial charge in [0.15, 0.2) is 0 Å². The van der Waals surface area contributed by atoms with Crippen LogP contribution in [0.15, 0.2) is 24.3 Å². The molecule has 18 heavy (non-hydrogen) atoms. The van der Waals surface area contributed by atoms with Gasteiger partial charge in [0.1, 0.15) is 0 Å². The van der Waals surface area contributed by atoms with Crippen LogP contribution in [-0.4, -0.2) is 29.4 Å². The van der Waals surface area contributed by atoms with Crippen LogP contribution in [0.4, 0.5) is 5.69 Å². The molecule has 3 heteroatoms. The van der Waals surface area contributed by atoms with Gasteiger partial charge in [0.05, 0.1) is 11.6 Å². The lowest BCUT2D eigenvalue weighted by Crippen LogP contribution is -2.58. The quantitative estimate of drug-likeness (QED) is 0.758. The zero-order valence-corrected chi connectivity index (χ0v) is 10.4. The average Bonchev–Trinajstić information content (AvgIpc) is 2.60.